The third-order valence-corrected chi connectivity index (χ3v) is 4.75. The Balaban J connectivity index is 1.65. The van der Waals surface area contributed by atoms with E-state index in [2.05, 4.69) is 15.6 Å². The maximum absolute atomic E-state index is 12.3. The molecule has 0 spiro atoms. The Hall–Kier alpha value is -3.33. The fourth-order valence-corrected chi connectivity index (χ4v) is 3.24. The molecule has 0 aliphatic heterocycles. The third kappa shape index (κ3) is 4.64. The van der Waals surface area contributed by atoms with Crippen LogP contribution in [0.1, 0.15) is 32.2 Å². The second kappa shape index (κ2) is 7.92. The number of amides is 1. The lowest BCUT2D eigenvalue weighted by Gasteiger charge is -2.06. The number of rotatable bonds is 6. The number of aryl methyl sites for hydroxylation is 2. The van der Waals surface area contributed by atoms with E-state index in [1.807, 2.05) is 36.7 Å². The predicted molar refractivity (Wildman–Crippen MR) is 103 cm³/mol. The van der Waals surface area contributed by atoms with Crippen molar-refractivity contribution in [2.75, 3.05) is 0 Å². The van der Waals surface area contributed by atoms with Crippen molar-refractivity contribution in [2.45, 2.75) is 20.4 Å². The summed E-state index contributed by atoms with van der Waals surface area (Å²) < 4.78 is 1.88. The van der Waals surface area contributed by atoms with Crippen LogP contribution in [0.5, 0.6) is 0 Å². The van der Waals surface area contributed by atoms with E-state index in [0.717, 1.165) is 28.3 Å². The van der Waals surface area contributed by atoms with Crippen molar-refractivity contribution in [3.8, 4) is 0 Å². The number of hydrogen-bond acceptors (Lipinski definition) is 6. The van der Waals surface area contributed by atoms with Crippen LogP contribution in [0.15, 0.2) is 47.6 Å². The number of nitro groups is 1. The number of nitrogens with zero attached hydrogens (tertiary/aromatic N) is 4. The van der Waals surface area contributed by atoms with Crippen LogP contribution in [0.3, 0.4) is 0 Å². The van der Waals surface area contributed by atoms with Gasteiger partial charge in [-0.15, -0.1) is 0 Å². The van der Waals surface area contributed by atoms with Gasteiger partial charge in [0.05, 0.1) is 28.3 Å². The monoisotopic (exact) mass is 383 g/mol. The number of thiophene rings is 1. The molecule has 9 heteroatoms. The van der Waals surface area contributed by atoms with Gasteiger partial charge in [0.25, 0.3) is 5.91 Å². The van der Waals surface area contributed by atoms with Crippen molar-refractivity contribution in [3.63, 3.8) is 0 Å². The highest BCUT2D eigenvalue weighted by Crippen LogP contribution is 2.22. The van der Waals surface area contributed by atoms with Crippen LogP contribution in [-0.4, -0.2) is 26.8 Å². The van der Waals surface area contributed by atoms with Crippen LogP contribution in [0.2, 0.25) is 0 Å². The Morgan fingerprint density at radius 1 is 1.33 bits per heavy atom. The number of hydrazone groups is 1. The lowest BCUT2D eigenvalue weighted by atomic mass is 10.1. The highest BCUT2D eigenvalue weighted by atomic mass is 32.1. The first kappa shape index (κ1) is 18.5. The smallest absolute Gasteiger partial charge is 0.267 e. The maximum Gasteiger partial charge on any atom is 0.324 e. The molecule has 1 aromatic carbocycles. The van der Waals surface area contributed by atoms with E-state index < -0.39 is 4.92 Å². The van der Waals surface area contributed by atoms with Gasteiger partial charge >= 0.3 is 5.00 Å². The van der Waals surface area contributed by atoms with Gasteiger partial charge in [0.15, 0.2) is 0 Å². The lowest BCUT2D eigenvalue weighted by molar-refractivity contribution is -0.380. The second-order valence-corrected chi connectivity index (χ2v) is 7.01. The molecule has 138 valence electrons. The summed E-state index contributed by atoms with van der Waals surface area (Å²) in [6.07, 6.45) is 1.38. The molecular formula is C18H17N5O3S. The van der Waals surface area contributed by atoms with Crippen molar-refractivity contribution in [3.05, 3.63) is 80.0 Å². The molecule has 0 saturated heterocycles. The van der Waals surface area contributed by atoms with Crippen LogP contribution in [-0.2, 0) is 6.54 Å². The summed E-state index contributed by atoms with van der Waals surface area (Å²) in [5, 5.41) is 19.0. The number of benzene rings is 1. The first-order valence-electron chi connectivity index (χ1n) is 8.10. The molecule has 2 aromatic heterocycles. The largest absolute Gasteiger partial charge is 0.324 e. The molecule has 0 bridgehead atoms. The zero-order valence-corrected chi connectivity index (χ0v) is 15.6. The minimum atomic E-state index is -0.463. The van der Waals surface area contributed by atoms with E-state index in [1.54, 1.807) is 18.2 Å². The SMILES string of the molecule is Cc1cc(C)n(Cc2cccc(C(=O)NN=Cc3ccc([N+](=O)[O-])s3)c2)n1. The summed E-state index contributed by atoms with van der Waals surface area (Å²) in [6.45, 7) is 4.50. The summed E-state index contributed by atoms with van der Waals surface area (Å²) in [5.74, 6) is -0.354. The Kier molecular flexibility index (Phi) is 5.41. The molecule has 8 nitrogen and oxygen atoms in total. The van der Waals surface area contributed by atoms with E-state index in [1.165, 1.54) is 12.3 Å². The fraction of sp³-hybridized carbons (Fsp3) is 0.167. The molecular weight excluding hydrogens is 366 g/mol. The van der Waals surface area contributed by atoms with E-state index in [4.69, 9.17) is 0 Å². The van der Waals surface area contributed by atoms with Gasteiger partial charge in [-0.2, -0.15) is 10.2 Å². The van der Waals surface area contributed by atoms with E-state index in [9.17, 15) is 14.9 Å². The molecule has 0 radical (unpaired) electrons. The van der Waals surface area contributed by atoms with Crippen LogP contribution >= 0.6 is 11.3 Å². The number of hydrogen-bond donors (Lipinski definition) is 1. The molecule has 0 atom stereocenters. The summed E-state index contributed by atoms with van der Waals surface area (Å²) >= 11 is 0.986. The number of nitrogens with one attached hydrogen (secondary N) is 1. The average Bonchev–Trinajstić information content (AvgIpc) is 3.22. The molecule has 1 N–H and O–H groups in total. The van der Waals surface area contributed by atoms with Crippen LogP contribution in [0.4, 0.5) is 5.00 Å². The Morgan fingerprint density at radius 2 is 2.15 bits per heavy atom. The number of carbonyl (C=O) groups is 1. The quantitative estimate of drug-likeness (QED) is 0.401. The molecule has 0 saturated carbocycles. The normalized spacial score (nSPS) is 11.0. The van der Waals surface area contributed by atoms with Gasteiger partial charge < -0.3 is 0 Å². The van der Waals surface area contributed by atoms with E-state index >= 15 is 0 Å². The highest BCUT2D eigenvalue weighted by Gasteiger charge is 2.09. The van der Waals surface area contributed by atoms with Crippen molar-refractivity contribution in [2.24, 2.45) is 5.10 Å². The third-order valence-electron chi connectivity index (χ3n) is 3.78. The lowest BCUT2D eigenvalue weighted by Crippen LogP contribution is -2.18. The van der Waals surface area contributed by atoms with Gasteiger partial charge in [-0.3, -0.25) is 19.6 Å². The van der Waals surface area contributed by atoms with Gasteiger partial charge in [0.1, 0.15) is 0 Å². The molecule has 0 unspecified atom stereocenters. The summed E-state index contributed by atoms with van der Waals surface area (Å²) in [7, 11) is 0. The molecule has 2 heterocycles. The van der Waals surface area contributed by atoms with Crippen LogP contribution in [0, 0.1) is 24.0 Å². The zero-order chi connectivity index (χ0) is 19.4. The zero-order valence-electron chi connectivity index (χ0n) is 14.7. The summed E-state index contributed by atoms with van der Waals surface area (Å²) in [6, 6.07) is 12.2. The van der Waals surface area contributed by atoms with Gasteiger partial charge in [-0.05, 0) is 43.7 Å². The fourth-order valence-electron chi connectivity index (χ4n) is 2.55. The first-order valence-corrected chi connectivity index (χ1v) is 8.91. The summed E-state index contributed by atoms with van der Waals surface area (Å²) in [4.78, 5) is 23.1. The standard InChI is InChI=1S/C18H17N5O3S/c1-12-8-13(2)22(21-12)11-14-4-3-5-15(9-14)18(24)20-19-10-16-6-7-17(27-16)23(25)26/h3-10H,11H2,1-2H3,(H,20,24). The Bertz CT molecular complexity index is 1020. The van der Waals surface area contributed by atoms with E-state index in [-0.39, 0.29) is 10.9 Å². The number of aromatic nitrogens is 2. The highest BCUT2D eigenvalue weighted by molar-refractivity contribution is 7.16. The molecule has 27 heavy (non-hydrogen) atoms. The number of carbonyl (C=O) groups excluding carboxylic acids is 1. The van der Waals surface area contributed by atoms with Crippen molar-refractivity contribution >= 4 is 28.5 Å². The Labute approximate surface area is 159 Å². The first-order chi connectivity index (χ1) is 12.9. The van der Waals surface area contributed by atoms with Gasteiger partial charge in [-0.1, -0.05) is 23.5 Å². The molecule has 0 aliphatic carbocycles. The van der Waals surface area contributed by atoms with Crippen LogP contribution in [0.25, 0.3) is 0 Å². The molecule has 3 aromatic rings. The molecule has 0 aliphatic rings. The maximum atomic E-state index is 12.3. The van der Waals surface area contributed by atoms with Gasteiger partial charge in [0.2, 0.25) is 0 Å². The van der Waals surface area contributed by atoms with Gasteiger partial charge in [0, 0.05) is 17.3 Å². The van der Waals surface area contributed by atoms with Crippen molar-refractivity contribution in [1.82, 2.24) is 15.2 Å². The summed E-state index contributed by atoms with van der Waals surface area (Å²) in [5.41, 5.74) is 5.86. The van der Waals surface area contributed by atoms with E-state index in [0.29, 0.717) is 17.0 Å². The average molecular weight is 383 g/mol. The Morgan fingerprint density at radius 3 is 2.81 bits per heavy atom. The second-order valence-electron chi connectivity index (χ2n) is 5.92. The topological polar surface area (TPSA) is 102 Å². The van der Waals surface area contributed by atoms with Crippen molar-refractivity contribution < 1.29 is 9.72 Å². The molecule has 1 amide bonds. The minimum absolute atomic E-state index is 0.0274. The molecule has 0 fully saturated rings. The van der Waals surface area contributed by atoms with Crippen molar-refractivity contribution in [1.29, 1.82) is 0 Å². The minimum Gasteiger partial charge on any atom is -0.267 e. The van der Waals surface area contributed by atoms with Gasteiger partial charge in [-0.25, -0.2) is 5.43 Å². The molecule has 3 rings (SSSR count). The van der Waals surface area contributed by atoms with Crippen LogP contribution < -0.4 is 5.43 Å². The predicted octanol–water partition coefficient (Wildman–Crippen LogP) is 3.28.